The van der Waals surface area contributed by atoms with Crippen LogP contribution in [0, 0.1) is 5.92 Å². The molecule has 1 atom stereocenters. The summed E-state index contributed by atoms with van der Waals surface area (Å²) in [6.07, 6.45) is 10.1. The lowest BCUT2D eigenvalue weighted by Crippen LogP contribution is -2.47. The predicted octanol–water partition coefficient (Wildman–Crippen LogP) is 2.17. The van der Waals surface area contributed by atoms with Gasteiger partial charge < -0.3 is 4.52 Å². The summed E-state index contributed by atoms with van der Waals surface area (Å²) in [7, 11) is 0. The largest absolute Gasteiger partial charge is 0.357 e. The lowest BCUT2D eigenvalue weighted by molar-refractivity contribution is 0.0740. The summed E-state index contributed by atoms with van der Waals surface area (Å²) in [6, 6.07) is 2.52. The van der Waals surface area contributed by atoms with Gasteiger partial charge >= 0.3 is 0 Å². The zero-order valence-corrected chi connectivity index (χ0v) is 8.80. The third-order valence-electron chi connectivity index (χ3n) is 3.63. The van der Waals surface area contributed by atoms with Crippen molar-refractivity contribution in [1.82, 2.24) is 10.1 Å². The summed E-state index contributed by atoms with van der Waals surface area (Å²) < 4.78 is 5.05. The minimum atomic E-state index is 0.627. The molecule has 80 valence electrons. The molecule has 0 amide bonds. The molecule has 4 rings (SSSR count). The molecule has 3 aliphatic rings. The molecule has 0 spiro atoms. The Labute approximate surface area is 89.7 Å². The highest BCUT2D eigenvalue weighted by molar-refractivity contribution is 5.42. The molecule has 1 aromatic heterocycles. The van der Waals surface area contributed by atoms with E-state index in [0.717, 1.165) is 11.7 Å². The van der Waals surface area contributed by atoms with E-state index < -0.39 is 0 Å². The van der Waals surface area contributed by atoms with E-state index in [2.05, 4.69) is 22.2 Å². The van der Waals surface area contributed by atoms with Gasteiger partial charge in [0.05, 0.1) is 6.20 Å². The van der Waals surface area contributed by atoms with Crippen molar-refractivity contribution < 1.29 is 4.52 Å². The highest BCUT2D eigenvalue weighted by Crippen LogP contribution is 2.32. The molecule has 0 N–H and O–H groups in total. The van der Waals surface area contributed by atoms with Gasteiger partial charge in [-0.25, -0.2) is 0 Å². The standard InChI is InChI=1S/C12H16N2O/c1(2-12-3-6-13-15-12)11-9-10-4-7-14(11)8-5-10/h1-3,6,10-11H,4-5,7-9H2. The molecule has 1 aromatic rings. The fraction of sp³-hybridized carbons (Fsp3) is 0.583. The Bertz CT molecular complexity index is 337. The molecule has 1 unspecified atom stereocenters. The van der Waals surface area contributed by atoms with Crippen LogP contribution < -0.4 is 0 Å². The smallest absolute Gasteiger partial charge is 0.159 e. The Morgan fingerprint density at radius 2 is 2.27 bits per heavy atom. The van der Waals surface area contributed by atoms with Crippen molar-refractivity contribution in [2.45, 2.75) is 25.3 Å². The molecule has 4 heterocycles. The highest BCUT2D eigenvalue weighted by atomic mass is 16.5. The van der Waals surface area contributed by atoms with Crippen LogP contribution in [0.2, 0.25) is 0 Å². The van der Waals surface area contributed by atoms with Crippen molar-refractivity contribution in [2.24, 2.45) is 5.92 Å². The van der Waals surface area contributed by atoms with Gasteiger partial charge in [-0.3, -0.25) is 4.90 Å². The predicted molar refractivity (Wildman–Crippen MR) is 58.2 cm³/mol. The number of aromatic nitrogens is 1. The summed E-state index contributed by atoms with van der Waals surface area (Å²) in [4.78, 5) is 2.58. The first-order valence-electron chi connectivity index (χ1n) is 5.75. The van der Waals surface area contributed by atoms with Gasteiger partial charge in [-0.1, -0.05) is 11.2 Å². The number of hydrogen-bond acceptors (Lipinski definition) is 3. The third kappa shape index (κ3) is 1.84. The molecule has 0 saturated carbocycles. The second kappa shape index (κ2) is 3.81. The average Bonchev–Trinajstić information content (AvgIpc) is 2.81. The molecule has 0 aliphatic carbocycles. The molecular formula is C12H16N2O. The first-order chi connectivity index (χ1) is 7.42. The number of piperidine rings is 3. The molecule has 3 aliphatic heterocycles. The van der Waals surface area contributed by atoms with Crippen molar-refractivity contribution in [3.8, 4) is 0 Å². The van der Waals surface area contributed by atoms with Crippen LogP contribution in [0.1, 0.15) is 25.0 Å². The summed E-state index contributed by atoms with van der Waals surface area (Å²) >= 11 is 0. The maximum atomic E-state index is 5.05. The molecule has 3 nitrogen and oxygen atoms in total. The van der Waals surface area contributed by atoms with Gasteiger partial charge in [-0.05, 0) is 44.3 Å². The maximum Gasteiger partial charge on any atom is 0.159 e. The monoisotopic (exact) mass is 204 g/mol. The highest BCUT2D eigenvalue weighted by Gasteiger charge is 2.31. The maximum absolute atomic E-state index is 5.05. The molecule has 2 bridgehead atoms. The lowest BCUT2D eigenvalue weighted by Gasteiger charge is -2.44. The van der Waals surface area contributed by atoms with Gasteiger partial charge in [0.15, 0.2) is 5.76 Å². The Morgan fingerprint density at radius 3 is 2.87 bits per heavy atom. The van der Waals surface area contributed by atoms with Crippen LogP contribution in [0.25, 0.3) is 6.08 Å². The van der Waals surface area contributed by atoms with E-state index in [1.807, 2.05) is 6.07 Å². The molecule has 15 heavy (non-hydrogen) atoms. The van der Waals surface area contributed by atoms with Crippen molar-refractivity contribution in [3.05, 3.63) is 24.1 Å². The fourth-order valence-corrected chi connectivity index (χ4v) is 2.73. The first-order valence-corrected chi connectivity index (χ1v) is 5.75. The Balaban J connectivity index is 1.68. The Morgan fingerprint density at radius 1 is 1.40 bits per heavy atom. The molecular weight excluding hydrogens is 188 g/mol. The lowest BCUT2D eigenvalue weighted by atomic mass is 9.83. The summed E-state index contributed by atoms with van der Waals surface area (Å²) in [6.45, 7) is 2.55. The van der Waals surface area contributed by atoms with E-state index in [0.29, 0.717) is 6.04 Å². The van der Waals surface area contributed by atoms with Gasteiger partial charge in [0.1, 0.15) is 0 Å². The van der Waals surface area contributed by atoms with Crippen molar-refractivity contribution in [1.29, 1.82) is 0 Å². The number of hydrogen-bond donors (Lipinski definition) is 0. The second-order valence-electron chi connectivity index (χ2n) is 4.56. The summed E-state index contributed by atoms with van der Waals surface area (Å²) in [5.74, 6) is 1.82. The topological polar surface area (TPSA) is 29.3 Å². The Hall–Kier alpha value is -1.09. The van der Waals surface area contributed by atoms with Gasteiger partial charge in [0, 0.05) is 12.1 Å². The molecule has 0 aromatic carbocycles. The van der Waals surface area contributed by atoms with Crippen LogP contribution >= 0.6 is 0 Å². The van der Waals surface area contributed by atoms with Gasteiger partial charge in [0.25, 0.3) is 0 Å². The van der Waals surface area contributed by atoms with Crippen LogP contribution in [0.15, 0.2) is 22.9 Å². The van der Waals surface area contributed by atoms with Crippen molar-refractivity contribution in [2.75, 3.05) is 13.1 Å². The third-order valence-corrected chi connectivity index (χ3v) is 3.63. The van der Waals surface area contributed by atoms with Crippen molar-refractivity contribution in [3.63, 3.8) is 0 Å². The zero-order chi connectivity index (χ0) is 10.1. The molecule has 3 heteroatoms. The van der Waals surface area contributed by atoms with E-state index >= 15 is 0 Å². The van der Waals surface area contributed by atoms with Crippen LogP contribution in [-0.4, -0.2) is 29.2 Å². The van der Waals surface area contributed by atoms with Crippen LogP contribution in [0.4, 0.5) is 0 Å². The normalized spacial score (nSPS) is 35.1. The van der Waals surface area contributed by atoms with E-state index in [-0.39, 0.29) is 0 Å². The van der Waals surface area contributed by atoms with Crippen molar-refractivity contribution >= 4 is 6.08 Å². The molecule has 0 radical (unpaired) electrons. The zero-order valence-electron chi connectivity index (χ0n) is 8.80. The summed E-state index contributed by atoms with van der Waals surface area (Å²) in [5, 5.41) is 3.69. The minimum Gasteiger partial charge on any atom is -0.357 e. The number of fused-ring (bicyclic) bond motifs is 3. The first kappa shape index (κ1) is 9.16. The second-order valence-corrected chi connectivity index (χ2v) is 4.56. The van der Waals surface area contributed by atoms with E-state index in [9.17, 15) is 0 Å². The van der Waals surface area contributed by atoms with Gasteiger partial charge in [-0.15, -0.1) is 0 Å². The minimum absolute atomic E-state index is 0.627. The number of nitrogens with zero attached hydrogens (tertiary/aromatic N) is 2. The quantitative estimate of drug-likeness (QED) is 0.739. The van der Waals surface area contributed by atoms with Crippen LogP contribution in [-0.2, 0) is 0 Å². The van der Waals surface area contributed by atoms with E-state index in [1.54, 1.807) is 6.20 Å². The average molecular weight is 204 g/mol. The van der Waals surface area contributed by atoms with Crippen LogP contribution in [0.3, 0.4) is 0 Å². The molecule has 3 fully saturated rings. The summed E-state index contributed by atoms with van der Waals surface area (Å²) in [5.41, 5.74) is 0. The van der Waals surface area contributed by atoms with E-state index in [4.69, 9.17) is 4.52 Å². The fourth-order valence-electron chi connectivity index (χ4n) is 2.73. The number of rotatable bonds is 2. The van der Waals surface area contributed by atoms with Gasteiger partial charge in [-0.2, -0.15) is 0 Å². The SMILES string of the molecule is C(=CC1CC2CCN1CC2)c1ccno1. The Kier molecular flexibility index (Phi) is 2.33. The van der Waals surface area contributed by atoms with E-state index in [1.165, 1.54) is 32.4 Å². The van der Waals surface area contributed by atoms with Gasteiger partial charge in [0.2, 0.25) is 0 Å². The van der Waals surface area contributed by atoms with Crippen LogP contribution in [0.5, 0.6) is 0 Å². The molecule has 3 saturated heterocycles.